The van der Waals surface area contributed by atoms with E-state index in [1.807, 2.05) is 6.92 Å². The van der Waals surface area contributed by atoms with Crippen LogP contribution in [0.5, 0.6) is 11.5 Å². The molecule has 1 aromatic heterocycles. The summed E-state index contributed by atoms with van der Waals surface area (Å²) in [6.07, 6.45) is 0. The van der Waals surface area contributed by atoms with Crippen molar-refractivity contribution in [2.45, 2.75) is 6.92 Å². The predicted molar refractivity (Wildman–Crippen MR) is 70.3 cm³/mol. The number of benzene rings is 1. The van der Waals surface area contributed by atoms with Gasteiger partial charge in [-0.1, -0.05) is 23.2 Å². The zero-order chi connectivity index (χ0) is 13.1. The van der Waals surface area contributed by atoms with Gasteiger partial charge in [-0.05, 0) is 25.1 Å². The Labute approximate surface area is 114 Å². The van der Waals surface area contributed by atoms with Crippen molar-refractivity contribution in [2.75, 3.05) is 6.61 Å². The van der Waals surface area contributed by atoms with Crippen molar-refractivity contribution in [1.82, 2.24) is 9.97 Å². The van der Waals surface area contributed by atoms with Gasteiger partial charge in [0.15, 0.2) is 17.3 Å². The molecule has 0 fully saturated rings. The first-order valence-electron chi connectivity index (χ1n) is 5.26. The van der Waals surface area contributed by atoms with Crippen molar-refractivity contribution < 1.29 is 9.84 Å². The second-order valence-corrected chi connectivity index (χ2v) is 4.23. The van der Waals surface area contributed by atoms with E-state index in [1.165, 1.54) is 12.1 Å². The summed E-state index contributed by atoms with van der Waals surface area (Å²) in [5, 5.41) is 10.1. The van der Waals surface area contributed by atoms with Gasteiger partial charge in [0.2, 0.25) is 0 Å². The number of hydrogen-bond acceptors (Lipinski definition) is 4. The van der Waals surface area contributed by atoms with E-state index < -0.39 is 0 Å². The van der Waals surface area contributed by atoms with Gasteiger partial charge in [0.05, 0.1) is 6.61 Å². The van der Waals surface area contributed by atoms with Gasteiger partial charge >= 0.3 is 0 Å². The average molecular weight is 285 g/mol. The molecule has 0 saturated heterocycles. The van der Waals surface area contributed by atoms with Crippen LogP contribution in [0, 0.1) is 0 Å². The molecule has 4 nitrogen and oxygen atoms in total. The van der Waals surface area contributed by atoms with Gasteiger partial charge in [-0.2, -0.15) is 0 Å². The molecule has 0 bridgehead atoms. The molecule has 18 heavy (non-hydrogen) atoms. The van der Waals surface area contributed by atoms with Crippen LogP contribution < -0.4 is 4.74 Å². The van der Waals surface area contributed by atoms with Crippen LogP contribution >= 0.6 is 23.2 Å². The van der Waals surface area contributed by atoms with Gasteiger partial charge in [-0.15, -0.1) is 0 Å². The maximum atomic E-state index is 9.60. The molecule has 0 amide bonds. The third-order valence-corrected chi connectivity index (χ3v) is 2.57. The molecule has 0 aliphatic heterocycles. The van der Waals surface area contributed by atoms with Crippen LogP contribution in [-0.2, 0) is 0 Å². The smallest absolute Gasteiger partial charge is 0.162 e. The van der Waals surface area contributed by atoms with E-state index in [0.717, 1.165) is 0 Å². The highest BCUT2D eigenvalue weighted by Gasteiger charge is 2.09. The van der Waals surface area contributed by atoms with E-state index in [4.69, 9.17) is 27.9 Å². The van der Waals surface area contributed by atoms with Crippen LogP contribution in [0.2, 0.25) is 10.3 Å². The van der Waals surface area contributed by atoms with Crippen molar-refractivity contribution in [2.24, 2.45) is 0 Å². The van der Waals surface area contributed by atoms with Crippen LogP contribution in [0.15, 0.2) is 24.3 Å². The minimum atomic E-state index is 0.0636. The Morgan fingerprint density at radius 3 is 2.44 bits per heavy atom. The first kappa shape index (κ1) is 12.9. The first-order valence-corrected chi connectivity index (χ1v) is 6.02. The number of ether oxygens (including phenoxy) is 1. The number of rotatable bonds is 3. The standard InChI is InChI=1S/C12H10Cl2N2O2/c1-2-18-9-5-7(3-4-8(9)17)12-15-10(13)6-11(14)16-12/h3-6,17H,2H2,1H3. The summed E-state index contributed by atoms with van der Waals surface area (Å²) >= 11 is 11.6. The SMILES string of the molecule is CCOc1cc(-c2nc(Cl)cc(Cl)n2)ccc1O. The molecule has 2 aromatic rings. The molecule has 0 unspecified atom stereocenters. The lowest BCUT2D eigenvalue weighted by Gasteiger charge is -2.08. The van der Waals surface area contributed by atoms with Crippen molar-refractivity contribution >= 4 is 23.2 Å². The summed E-state index contributed by atoms with van der Waals surface area (Å²) in [5.41, 5.74) is 0.667. The largest absolute Gasteiger partial charge is 0.504 e. The third kappa shape index (κ3) is 2.83. The molecule has 0 atom stereocenters. The summed E-state index contributed by atoms with van der Waals surface area (Å²) in [5.74, 6) is 0.817. The summed E-state index contributed by atoms with van der Waals surface area (Å²) in [6.45, 7) is 2.28. The van der Waals surface area contributed by atoms with Crippen LogP contribution in [0.4, 0.5) is 0 Å². The highest BCUT2D eigenvalue weighted by Crippen LogP contribution is 2.31. The number of phenolic OH excluding ortho intramolecular Hbond substituents is 1. The van der Waals surface area contributed by atoms with Crippen molar-refractivity contribution in [3.63, 3.8) is 0 Å². The lowest BCUT2D eigenvalue weighted by atomic mass is 10.2. The fourth-order valence-electron chi connectivity index (χ4n) is 1.44. The van der Waals surface area contributed by atoms with Gasteiger partial charge in [-0.25, -0.2) is 9.97 Å². The molecule has 2 rings (SSSR count). The Hall–Kier alpha value is -1.52. The van der Waals surface area contributed by atoms with Crippen molar-refractivity contribution in [3.8, 4) is 22.9 Å². The maximum Gasteiger partial charge on any atom is 0.162 e. The van der Waals surface area contributed by atoms with Crippen LogP contribution in [0.25, 0.3) is 11.4 Å². The van der Waals surface area contributed by atoms with E-state index >= 15 is 0 Å². The molecule has 94 valence electrons. The Balaban J connectivity index is 2.47. The number of nitrogens with zero attached hydrogens (tertiary/aromatic N) is 2. The second kappa shape index (κ2) is 5.42. The molecule has 0 spiro atoms. The van der Waals surface area contributed by atoms with E-state index in [1.54, 1.807) is 12.1 Å². The number of phenols is 1. The Morgan fingerprint density at radius 2 is 1.83 bits per heavy atom. The van der Waals surface area contributed by atoms with Crippen molar-refractivity contribution in [1.29, 1.82) is 0 Å². The molecular formula is C12H10Cl2N2O2. The summed E-state index contributed by atoms with van der Waals surface area (Å²) < 4.78 is 5.29. The number of hydrogen-bond donors (Lipinski definition) is 1. The molecule has 1 heterocycles. The number of aromatic hydroxyl groups is 1. The quantitative estimate of drug-likeness (QED) is 0.876. The van der Waals surface area contributed by atoms with E-state index in [2.05, 4.69) is 9.97 Å². The van der Waals surface area contributed by atoms with Crippen LogP contribution in [-0.4, -0.2) is 21.7 Å². The monoisotopic (exact) mass is 284 g/mol. The van der Waals surface area contributed by atoms with Gasteiger partial charge in [0, 0.05) is 11.6 Å². The molecule has 1 N–H and O–H groups in total. The number of halogens is 2. The van der Waals surface area contributed by atoms with Gasteiger partial charge < -0.3 is 9.84 Å². The zero-order valence-corrected chi connectivity index (χ0v) is 11.0. The summed E-state index contributed by atoms with van der Waals surface area (Å²) in [7, 11) is 0. The molecule has 0 saturated carbocycles. The van der Waals surface area contributed by atoms with Gasteiger partial charge in [0.1, 0.15) is 10.3 Å². The predicted octanol–water partition coefficient (Wildman–Crippen LogP) is 3.55. The van der Waals surface area contributed by atoms with Gasteiger partial charge in [-0.3, -0.25) is 0 Å². The fraction of sp³-hybridized carbons (Fsp3) is 0.167. The lowest BCUT2D eigenvalue weighted by Crippen LogP contribution is -1.94. The molecule has 0 aliphatic rings. The first-order chi connectivity index (χ1) is 8.60. The van der Waals surface area contributed by atoms with E-state index in [9.17, 15) is 5.11 Å². The van der Waals surface area contributed by atoms with Gasteiger partial charge in [0.25, 0.3) is 0 Å². The molecule has 6 heteroatoms. The Kier molecular flexibility index (Phi) is 3.89. The normalized spacial score (nSPS) is 10.4. The minimum Gasteiger partial charge on any atom is -0.504 e. The van der Waals surface area contributed by atoms with E-state index in [0.29, 0.717) is 23.7 Å². The van der Waals surface area contributed by atoms with Crippen molar-refractivity contribution in [3.05, 3.63) is 34.6 Å². The second-order valence-electron chi connectivity index (χ2n) is 3.45. The molecule has 0 radical (unpaired) electrons. The molecule has 0 aliphatic carbocycles. The van der Waals surface area contributed by atoms with E-state index in [-0.39, 0.29) is 16.1 Å². The zero-order valence-electron chi connectivity index (χ0n) is 9.52. The van der Waals surface area contributed by atoms with Crippen LogP contribution in [0.3, 0.4) is 0 Å². The molecule has 1 aromatic carbocycles. The maximum absolute atomic E-state index is 9.60. The summed E-state index contributed by atoms with van der Waals surface area (Å²) in [4.78, 5) is 8.14. The Bertz CT molecular complexity index is 556. The topological polar surface area (TPSA) is 55.2 Å². The van der Waals surface area contributed by atoms with Crippen LogP contribution in [0.1, 0.15) is 6.92 Å². The Morgan fingerprint density at radius 1 is 1.17 bits per heavy atom. The highest BCUT2D eigenvalue weighted by atomic mass is 35.5. The molecular weight excluding hydrogens is 275 g/mol. The minimum absolute atomic E-state index is 0.0636. The summed E-state index contributed by atoms with van der Waals surface area (Å²) in [6, 6.07) is 6.27. The number of aromatic nitrogens is 2. The average Bonchev–Trinajstić information content (AvgIpc) is 2.31. The lowest BCUT2D eigenvalue weighted by molar-refractivity contribution is 0.318. The third-order valence-electron chi connectivity index (χ3n) is 2.18. The highest BCUT2D eigenvalue weighted by molar-refractivity contribution is 6.33. The fourth-order valence-corrected chi connectivity index (χ4v) is 1.87.